The van der Waals surface area contributed by atoms with E-state index < -0.39 is 4.92 Å². The van der Waals surface area contributed by atoms with Gasteiger partial charge in [0, 0.05) is 17.2 Å². The Morgan fingerprint density at radius 1 is 1.17 bits per heavy atom. The normalized spacial score (nSPS) is 10.3. The summed E-state index contributed by atoms with van der Waals surface area (Å²) in [6.45, 7) is 3.49. The van der Waals surface area contributed by atoms with E-state index in [1.807, 2.05) is 0 Å². The molecule has 0 atom stereocenters. The molecule has 0 unspecified atom stereocenters. The fourth-order valence-electron chi connectivity index (χ4n) is 1.83. The zero-order chi connectivity index (χ0) is 13.3. The smallest absolute Gasteiger partial charge is 0.272 e. The minimum Gasteiger partial charge on any atom is -0.453 e. The molecule has 0 bridgehead atoms. The third kappa shape index (κ3) is 1.90. The van der Waals surface area contributed by atoms with E-state index in [4.69, 9.17) is 4.42 Å². The van der Waals surface area contributed by atoms with E-state index in [2.05, 4.69) is 0 Å². The molecule has 1 heterocycles. The van der Waals surface area contributed by atoms with E-state index in [0.29, 0.717) is 17.6 Å². The van der Waals surface area contributed by atoms with Gasteiger partial charge in [0.05, 0.1) is 4.92 Å². The number of furan rings is 1. The lowest BCUT2D eigenvalue weighted by Crippen LogP contribution is -1.95. The maximum atomic E-state index is 10.8. The van der Waals surface area contributed by atoms with Crippen molar-refractivity contribution in [3.63, 3.8) is 0 Å². The van der Waals surface area contributed by atoms with Gasteiger partial charge in [-0.1, -0.05) is 0 Å². The number of hydrogen-bond donors (Lipinski definition) is 0. The van der Waals surface area contributed by atoms with E-state index in [1.165, 1.54) is 6.07 Å². The Hall–Kier alpha value is -2.43. The zero-order valence-electron chi connectivity index (χ0n) is 9.97. The van der Waals surface area contributed by atoms with Crippen molar-refractivity contribution < 1.29 is 14.1 Å². The van der Waals surface area contributed by atoms with Crippen LogP contribution in [0.3, 0.4) is 0 Å². The number of hydrogen-bond acceptors (Lipinski definition) is 4. The van der Waals surface area contributed by atoms with Crippen LogP contribution < -0.4 is 0 Å². The Balaban J connectivity index is 2.56. The van der Waals surface area contributed by atoms with Gasteiger partial charge in [0.2, 0.25) is 0 Å². The molecule has 0 saturated heterocycles. The maximum Gasteiger partial charge on any atom is 0.272 e. The lowest BCUT2D eigenvalue weighted by atomic mass is 10.00. The second-order valence-electron chi connectivity index (χ2n) is 3.96. The number of nitro benzene ring substituents is 1. The van der Waals surface area contributed by atoms with Gasteiger partial charge in [0.1, 0.15) is 5.76 Å². The van der Waals surface area contributed by atoms with Crippen LogP contribution in [0.4, 0.5) is 5.69 Å². The summed E-state index contributed by atoms with van der Waals surface area (Å²) in [7, 11) is 0. The predicted octanol–water partition coefficient (Wildman–Crippen LogP) is 3.28. The molecule has 0 spiro atoms. The fourth-order valence-corrected chi connectivity index (χ4v) is 1.83. The molecule has 2 rings (SSSR count). The molecule has 1 aromatic heterocycles. The summed E-state index contributed by atoms with van der Waals surface area (Å²) in [5, 5.41) is 10.8. The summed E-state index contributed by atoms with van der Waals surface area (Å²) in [5.41, 5.74) is 2.21. The molecule has 5 nitrogen and oxygen atoms in total. The van der Waals surface area contributed by atoms with Gasteiger partial charge in [-0.25, -0.2) is 0 Å². The van der Waals surface area contributed by atoms with Gasteiger partial charge in [0.25, 0.3) is 5.69 Å². The van der Waals surface area contributed by atoms with Crippen LogP contribution >= 0.6 is 0 Å². The standard InChI is InChI=1S/C13H11NO4/c1-8-9(2)12(14(16)17)5-4-11(8)13-6-3-10(7-15)18-13/h3-7H,1-2H3. The largest absolute Gasteiger partial charge is 0.453 e. The Labute approximate surface area is 103 Å². The minimum absolute atomic E-state index is 0.0819. The fraction of sp³-hybridized carbons (Fsp3) is 0.154. The van der Waals surface area contributed by atoms with Gasteiger partial charge >= 0.3 is 0 Å². The van der Waals surface area contributed by atoms with Crippen molar-refractivity contribution in [2.24, 2.45) is 0 Å². The topological polar surface area (TPSA) is 73.3 Å². The van der Waals surface area contributed by atoms with Crippen molar-refractivity contribution in [3.05, 3.63) is 51.3 Å². The van der Waals surface area contributed by atoms with Gasteiger partial charge in [0.15, 0.2) is 12.0 Å². The van der Waals surface area contributed by atoms with Crippen molar-refractivity contribution in [2.45, 2.75) is 13.8 Å². The molecular weight excluding hydrogens is 234 g/mol. The molecule has 0 radical (unpaired) electrons. The molecule has 18 heavy (non-hydrogen) atoms. The number of aldehydes is 1. The van der Waals surface area contributed by atoms with Crippen LogP contribution in [-0.2, 0) is 0 Å². The van der Waals surface area contributed by atoms with E-state index in [9.17, 15) is 14.9 Å². The first kappa shape index (κ1) is 12.0. The highest BCUT2D eigenvalue weighted by Crippen LogP contribution is 2.31. The molecule has 5 heteroatoms. The second kappa shape index (κ2) is 4.44. The van der Waals surface area contributed by atoms with Gasteiger partial charge < -0.3 is 4.42 Å². The minimum atomic E-state index is -0.412. The summed E-state index contributed by atoms with van der Waals surface area (Å²) in [4.78, 5) is 21.0. The maximum absolute atomic E-state index is 10.8. The number of nitro groups is 1. The number of carbonyl (C=O) groups is 1. The molecule has 92 valence electrons. The van der Waals surface area contributed by atoms with E-state index >= 15 is 0 Å². The molecule has 1 aromatic carbocycles. The molecule has 2 aromatic rings. The number of rotatable bonds is 3. The highest BCUT2D eigenvalue weighted by molar-refractivity contribution is 5.74. The van der Waals surface area contributed by atoms with Crippen LogP contribution in [-0.4, -0.2) is 11.2 Å². The van der Waals surface area contributed by atoms with Crippen molar-refractivity contribution in [2.75, 3.05) is 0 Å². The Kier molecular flexibility index (Phi) is 2.97. The van der Waals surface area contributed by atoms with Crippen molar-refractivity contribution in [1.29, 1.82) is 0 Å². The van der Waals surface area contributed by atoms with Crippen LogP contribution in [0.1, 0.15) is 21.7 Å². The average Bonchev–Trinajstić information content (AvgIpc) is 2.80. The molecule has 0 saturated carbocycles. The van der Waals surface area contributed by atoms with E-state index in [-0.39, 0.29) is 11.4 Å². The molecule has 0 N–H and O–H groups in total. The Bertz CT molecular complexity index is 628. The van der Waals surface area contributed by atoms with Crippen LogP contribution in [0.15, 0.2) is 28.7 Å². The molecular formula is C13H11NO4. The van der Waals surface area contributed by atoms with Crippen LogP contribution in [0.25, 0.3) is 11.3 Å². The molecule has 0 aliphatic carbocycles. The van der Waals surface area contributed by atoms with Crippen molar-refractivity contribution in [3.8, 4) is 11.3 Å². The van der Waals surface area contributed by atoms with E-state index in [0.717, 1.165) is 11.1 Å². The number of nitrogens with zero attached hydrogens (tertiary/aromatic N) is 1. The highest BCUT2D eigenvalue weighted by Gasteiger charge is 2.16. The zero-order valence-corrected chi connectivity index (χ0v) is 9.97. The Morgan fingerprint density at radius 3 is 2.44 bits per heavy atom. The SMILES string of the molecule is Cc1c(-c2ccc(C=O)o2)ccc([N+](=O)[O-])c1C. The first-order chi connectivity index (χ1) is 8.54. The third-order valence-corrected chi connectivity index (χ3v) is 2.96. The van der Waals surface area contributed by atoms with E-state index in [1.54, 1.807) is 32.0 Å². The van der Waals surface area contributed by atoms with Gasteiger partial charge in [-0.2, -0.15) is 0 Å². The predicted molar refractivity (Wildman–Crippen MR) is 65.7 cm³/mol. The van der Waals surface area contributed by atoms with Crippen LogP contribution in [0, 0.1) is 24.0 Å². The second-order valence-corrected chi connectivity index (χ2v) is 3.96. The summed E-state index contributed by atoms with van der Waals surface area (Å²) >= 11 is 0. The first-order valence-corrected chi connectivity index (χ1v) is 5.34. The summed E-state index contributed by atoms with van der Waals surface area (Å²) in [5.74, 6) is 0.771. The summed E-state index contributed by atoms with van der Waals surface area (Å²) in [6.07, 6.45) is 0.622. The quantitative estimate of drug-likeness (QED) is 0.472. The molecule has 0 aliphatic heterocycles. The first-order valence-electron chi connectivity index (χ1n) is 5.34. The lowest BCUT2D eigenvalue weighted by molar-refractivity contribution is -0.385. The van der Waals surface area contributed by atoms with Gasteiger partial charge in [-0.05, 0) is 37.6 Å². The molecule has 0 aliphatic rings. The average molecular weight is 245 g/mol. The van der Waals surface area contributed by atoms with Crippen molar-refractivity contribution in [1.82, 2.24) is 0 Å². The van der Waals surface area contributed by atoms with Gasteiger partial charge in [-0.15, -0.1) is 0 Å². The van der Waals surface area contributed by atoms with Crippen LogP contribution in [0.5, 0.6) is 0 Å². The summed E-state index contributed by atoms with van der Waals surface area (Å²) in [6, 6.07) is 6.32. The molecule has 0 fully saturated rings. The monoisotopic (exact) mass is 245 g/mol. The van der Waals surface area contributed by atoms with Crippen LogP contribution in [0.2, 0.25) is 0 Å². The van der Waals surface area contributed by atoms with Crippen molar-refractivity contribution >= 4 is 12.0 Å². The third-order valence-electron chi connectivity index (χ3n) is 2.96. The number of benzene rings is 1. The number of carbonyl (C=O) groups excluding carboxylic acids is 1. The lowest BCUT2D eigenvalue weighted by Gasteiger charge is -2.06. The van der Waals surface area contributed by atoms with Gasteiger partial charge in [-0.3, -0.25) is 14.9 Å². The highest BCUT2D eigenvalue weighted by atomic mass is 16.6. The molecule has 0 amide bonds. The Morgan fingerprint density at radius 2 is 1.89 bits per heavy atom. The summed E-state index contributed by atoms with van der Waals surface area (Å²) < 4.78 is 5.32.